The summed E-state index contributed by atoms with van der Waals surface area (Å²) >= 11 is 0. The van der Waals surface area contributed by atoms with Crippen LogP contribution in [0.2, 0.25) is 0 Å². The van der Waals surface area contributed by atoms with E-state index < -0.39 is 11.7 Å². The highest BCUT2D eigenvalue weighted by Crippen LogP contribution is 2.32. The maximum Gasteiger partial charge on any atom is 0.416 e. The quantitative estimate of drug-likeness (QED) is 0.458. The number of halogens is 3. The van der Waals surface area contributed by atoms with Crippen LogP contribution in [0, 0.1) is 0 Å². The van der Waals surface area contributed by atoms with E-state index in [0.717, 1.165) is 28.7 Å². The molecule has 0 N–H and O–H groups in total. The van der Waals surface area contributed by atoms with Crippen molar-refractivity contribution in [3.63, 3.8) is 0 Å². The Balaban J connectivity index is 1.94. The number of para-hydroxylation sites is 2. The van der Waals surface area contributed by atoms with Gasteiger partial charge in [-0.05, 0) is 36.4 Å². The fourth-order valence-corrected chi connectivity index (χ4v) is 2.87. The lowest BCUT2D eigenvalue weighted by molar-refractivity contribution is -0.137. The Morgan fingerprint density at radius 2 is 1.36 bits per heavy atom. The van der Waals surface area contributed by atoms with Crippen LogP contribution in [0.5, 0.6) is 0 Å². The van der Waals surface area contributed by atoms with Crippen LogP contribution in [0.25, 0.3) is 28.1 Å². The van der Waals surface area contributed by atoms with Crippen LogP contribution in [0.3, 0.4) is 0 Å². The van der Waals surface area contributed by atoms with Crippen molar-refractivity contribution in [2.24, 2.45) is 0 Å². The maximum absolute atomic E-state index is 12.8. The second kappa shape index (κ2) is 5.77. The Morgan fingerprint density at radius 3 is 2.04 bits per heavy atom. The molecule has 0 saturated heterocycles. The Labute approximate surface area is 142 Å². The molecule has 2 nitrogen and oxygen atoms in total. The highest BCUT2D eigenvalue weighted by Gasteiger charge is 2.30. The van der Waals surface area contributed by atoms with Gasteiger partial charge in [-0.3, -0.25) is 4.57 Å². The summed E-state index contributed by atoms with van der Waals surface area (Å²) in [5.41, 5.74) is 2.52. The molecule has 124 valence electrons. The van der Waals surface area contributed by atoms with Crippen molar-refractivity contribution in [2.45, 2.75) is 6.18 Å². The molecule has 0 spiro atoms. The Hall–Kier alpha value is -3.08. The fourth-order valence-electron chi connectivity index (χ4n) is 2.87. The number of benzene rings is 3. The van der Waals surface area contributed by atoms with Crippen molar-refractivity contribution < 1.29 is 13.2 Å². The van der Waals surface area contributed by atoms with E-state index in [-0.39, 0.29) is 0 Å². The van der Waals surface area contributed by atoms with E-state index in [2.05, 4.69) is 4.98 Å². The molecule has 25 heavy (non-hydrogen) atoms. The van der Waals surface area contributed by atoms with E-state index in [1.54, 1.807) is 0 Å². The van der Waals surface area contributed by atoms with Gasteiger partial charge in [-0.15, -0.1) is 0 Å². The fraction of sp³-hybridized carbons (Fsp3) is 0.0500. The van der Waals surface area contributed by atoms with Gasteiger partial charge >= 0.3 is 6.18 Å². The zero-order valence-electron chi connectivity index (χ0n) is 13.0. The number of hydrogen-bond acceptors (Lipinski definition) is 1. The van der Waals surface area contributed by atoms with Crippen molar-refractivity contribution in [1.29, 1.82) is 0 Å². The van der Waals surface area contributed by atoms with Crippen molar-refractivity contribution in [2.75, 3.05) is 0 Å². The molecule has 5 heteroatoms. The minimum atomic E-state index is -4.35. The minimum absolute atomic E-state index is 0.639. The molecule has 1 heterocycles. The zero-order valence-corrected chi connectivity index (χ0v) is 13.0. The molecule has 4 rings (SSSR count). The average Bonchev–Trinajstić information content (AvgIpc) is 3.01. The van der Waals surface area contributed by atoms with Gasteiger partial charge in [0, 0.05) is 11.3 Å². The first-order valence-corrected chi connectivity index (χ1v) is 7.74. The Bertz CT molecular complexity index is 1020. The monoisotopic (exact) mass is 338 g/mol. The van der Waals surface area contributed by atoms with Crippen LogP contribution in [0.4, 0.5) is 13.2 Å². The molecule has 0 radical (unpaired) electrons. The lowest BCUT2D eigenvalue weighted by Crippen LogP contribution is -2.05. The molecule has 0 unspecified atom stereocenters. The standard InChI is InChI=1S/C20H13F3N2/c21-20(22,23)15-10-12-16(13-11-15)25-18-9-5-4-8-17(18)24-19(25)14-6-2-1-3-7-14/h1-13H. The molecule has 4 aromatic rings. The number of nitrogens with zero attached hydrogens (tertiary/aromatic N) is 2. The van der Waals surface area contributed by atoms with Crippen molar-refractivity contribution in [3.8, 4) is 17.1 Å². The number of aromatic nitrogens is 2. The third kappa shape index (κ3) is 2.78. The Morgan fingerprint density at radius 1 is 0.720 bits per heavy atom. The molecule has 0 fully saturated rings. The number of rotatable bonds is 2. The molecule has 0 atom stereocenters. The number of fused-ring (bicyclic) bond motifs is 1. The highest BCUT2D eigenvalue weighted by atomic mass is 19.4. The van der Waals surface area contributed by atoms with Crippen molar-refractivity contribution in [3.05, 3.63) is 84.4 Å². The largest absolute Gasteiger partial charge is 0.416 e. The third-order valence-corrected chi connectivity index (χ3v) is 4.05. The smallest absolute Gasteiger partial charge is 0.292 e. The van der Waals surface area contributed by atoms with Crippen molar-refractivity contribution in [1.82, 2.24) is 9.55 Å². The molecule has 0 aliphatic carbocycles. The van der Waals surface area contributed by atoms with E-state index in [1.165, 1.54) is 12.1 Å². The van der Waals surface area contributed by atoms with Crippen LogP contribution in [0.1, 0.15) is 5.56 Å². The predicted molar refractivity (Wildman–Crippen MR) is 91.5 cm³/mol. The second-order valence-corrected chi connectivity index (χ2v) is 5.67. The molecular formula is C20H13F3N2. The van der Waals surface area contributed by atoms with Gasteiger partial charge in [-0.1, -0.05) is 42.5 Å². The van der Waals surface area contributed by atoms with Gasteiger partial charge in [-0.2, -0.15) is 13.2 Å². The molecule has 0 amide bonds. The number of alkyl halides is 3. The maximum atomic E-state index is 12.8. The summed E-state index contributed by atoms with van der Waals surface area (Å²) in [5.74, 6) is 0.696. The van der Waals surface area contributed by atoms with Gasteiger partial charge in [0.1, 0.15) is 5.82 Å². The summed E-state index contributed by atoms with van der Waals surface area (Å²) in [7, 11) is 0. The SMILES string of the molecule is FC(F)(F)c1ccc(-n2c(-c3ccccc3)nc3ccccc32)cc1. The van der Waals surface area contributed by atoms with E-state index in [0.29, 0.717) is 11.5 Å². The lowest BCUT2D eigenvalue weighted by Gasteiger charge is -2.11. The molecule has 0 bridgehead atoms. The van der Waals surface area contributed by atoms with Gasteiger partial charge in [0.05, 0.1) is 16.6 Å². The zero-order chi connectivity index (χ0) is 17.4. The van der Waals surface area contributed by atoms with Gasteiger partial charge < -0.3 is 0 Å². The van der Waals surface area contributed by atoms with E-state index in [4.69, 9.17) is 0 Å². The van der Waals surface area contributed by atoms with Gasteiger partial charge in [-0.25, -0.2) is 4.98 Å². The van der Waals surface area contributed by atoms with Crippen LogP contribution in [0.15, 0.2) is 78.9 Å². The van der Waals surface area contributed by atoms with Crippen LogP contribution < -0.4 is 0 Å². The normalized spacial score (nSPS) is 11.8. The van der Waals surface area contributed by atoms with E-state index in [9.17, 15) is 13.2 Å². The summed E-state index contributed by atoms with van der Waals surface area (Å²) in [5, 5.41) is 0. The summed E-state index contributed by atoms with van der Waals surface area (Å²) < 4.78 is 40.4. The molecular weight excluding hydrogens is 325 g/mol. The predicted octanol–water partition coefficient (Wildman–Crippen LogP) is 5.71. The summed E-state index contributed by atoms with van der Waals surface area (Å²) in [4.78, 5) is 4.67. The van der Waals surface area contributed by atoms with Gasteiger partial charge in [0.15, 0.2) is 0 Å². The highest BCUT2D eigenvalue weighted by molar-refractivity contribution is 5.83. The average molecular weight is 338 g/mol. The Kier molecular flexibility index (Phi) is 3.57. The lowest BCUT2D eigenvalue weighted by atomic mass is 10.1. The summed E-state index contributed by atoms with van der Waals surface area (Å²) in [6.45, 7) is 0. The number of imidazole rings is 1. The topological polar surface area (TPSA) is 17.8 Å². The van der Waals surface area contributed by atoms with Gasteiger partial charge in [0.2, 0.25) is 0 Å². The minimum Gasteiger partial charge on any atom is -0.292 e. The molecule has 1 aromatic heterocycles. The molecule has 0 aliphatic rings. The molecule has 3 aromatic carbocycles. The number of hydrogen-bond donors (Lipinski definition) is 0. The molecule has 0 aliphatic heterocycles. The second-order valence-electron chi connectivity index (χ2n) is 5.67. The van der Waals surface area contributed by atoms with E-state index in [1.807, 2.05) is 59.2 Å². The first kappa shape index (κ1) is 15.4. The van der Waals surface area contributed by atoms with Crippen molar-refractivity contribution >= 4 is 11.0 Å². The van der Waals surface area contributed by atoms with Gasteiger partial charge in [0.25, 0.3) is 0 Å². The van der Waals surface area contributed by atoms with Crippen LogP contribution in [-0.4, -0.2) is 9.55 Å². The third-order valence-electron chi connectivity index (χ3n) is 4.05. The van der Waals surface area contributed by atoms with Crippen LogP contribution >= 0.6 is 0 Å². The molecule has 0 saturated carbocycles. The summed E-state index contributed by atoms with van der Waals surface area (Å²) in [6, 6.07) is 22.3. The van der Waals surface area contributed by atoms with E-state index >= 15 is 0 Å². The summed E-state index contributed by atoms with van der Waals surface area (Å²) in [6.07, 6.45) is -4.35. The van der Waals surface area contributed by atoms with Crippen LogP contribution in [-0.2, 0) is 6.18 Å². The first-order chi connectivity index (χ1) is 12.0. The first-order valence-electron chi connectivity index (χ1n) is 7.74.